The molecule has 0 saturated heterocycles. The molecule has 0 aliphatic carbocycles. The first-order chi connectivity index (χ1) is 28.2. The Bertz CT molecular complexity index is 2570. The van der Waals surface area contributed by atoms with E-state index in [-0.39, 0.29) is 18.4 Å². The van der Waals surface area contributed by atoms with Crippen LogP contribution in [0.15, 0.2) is 42.5 Å². The third kappa shape index (κ3) is 8.83. The Balaban J connectivity index is 1.26. The van der Waals surface area contributed by atoms with E-state index < -0.39 is 17.6 Å². The molecule has 0 saturated carbocycles. The number of ether oxygens (including phenoxy) is 1. The van der Waals surface area contributed by atoms with Gasteiger partial charge in [-0.1, -0.05) is 18.6 Å². The van der Waals surface area contributed by atoms with E-state index in [2.05, 4.69) is 21.0 Å². The minimum atomic E-state index is -0.655. The number of nitrogens with two attached hydrogens (primary N) is 1. The summed E-state index contributed by atoms with van der Waals surface area (Å²) >= 11 is 0. The number of nitrogens with zero attached hydrogens (tertiary/aromatic N) is 8. The normalized spacial score (nSPS) is 14.7. The monoisotopic (exact) mass is 804 g/mol. The lowest BCUT2D eigenvalue weighted by molar-refractivity contribution is 0.0523. The van der Waals surface area contributed by atoms with E-state index in [0.29, 0.717) is 85.3 Å². The Morgan fingerprint density at radius 1 is 0.864 bits per heavy atom. The van der Waals surface area contributed by atoms with Crippen molar-refractivity contribution in [1.29, 1.82) is 0 Å². The molecule has 4 amide bonds. The maximum absolute atomic E-state index is 14.4. The van der Waals surface area contributed by atoms with Crippen LogP contribution >= 0.6 is 0 Å². The Morgan fingerprint density at radius 3 is 2.31 bits per heavy atom. The van der Waals surface area contributed by atoms with Crippen LogP contribution < -0.4 is 21.7 Å². The molecule has 5 N–H and O–H groups in total. The minimum Gasteiger partial charge on any atom is -0.444 e. The van der Waals surface area contributed by atoms with Gasteiger partial charge in [0.05, 0.1) is 33.5 Å². The number of rotatable bonds is 4. The average molecular weight is 805 g/mol. The summed E-state index contributed by atoms with van der Waals surface area (Å²) in [6, 6.07) is 12.6. The molecule has 6 aromatic rings. The van der Waals surface area contributed by atoms with Crippen molar-refractivity contribution in [3.63, 3.8) is 0 Å². The van der Waals surface area contributed by atoms with E-state index in [4.69, 9.17) is 25.5 Å². The van der Waals surface area contributed by atoms with Crippen LogP contribution in [-0.2, 0) is 43.9 Å². The lowest BCUT2D eigenvalue weighted by Gasteiger charge is -2.19. The Labute approximate surface area is 341 Å². The largest absolute Gasteiger partial charge is 0.444 e. The molecule has 0 spiro atoms. The predicted octanol–water partition coefficient (Wildman–Crippen LogP) is 6.25. The van der Waals surface area contributed by atoms with Crippen LogP contribution in [-0.4, -0.2) is 68.1 Å². The zero-order valence-electron chi connectivity index (χ0n) is 34.5. The summed E-state index contributed by atoms with van der Waals surface area (Å²) in [7, 11) is 0. The van der Waals surface area contributed by atoms with Crippen LogP contribution in [0.4, 0.5) is 16.7 Å². The van der Waals surface area contributed by atoms with E-state index in [1.54, 1.807) is 33.6 Å². The number of carbonyl (C=O) groups excluding carboxylic acids is 4. The first kappa shape index (κ1) is 40.7. The van der Waals surface area contributed by atoms with Gasteiger partial charge in [0, 0.05) is 43.9 Å². The van der Waals surface area contributed by atoms with Crippen LogP contribution in [0, 0.1) is 13.8 Å². The number of benzene rings is 2. The van der Waals surface area contributed by atoms with Gasteiger partial charge in [-0.05, 0) is 110 Å². The van der Waals surface area contributed by atoms with Gasteiger partial charge in [-0.2, -0.15) is 10.2 Å². The molecule has 59 heavy (non-hydrogen) atoms. The van der Waals surface area contributed by atoms with Gasteiger partial charge in [-0.25, -0.2) is 14.8 Å². The molecule has 310 valence electrons. The molecule has 2 aromatic carbocycles. The zero-order chi connectivity index (χ0) is 42.0. The number of imidazole rings is 2. The fourth-order valence-electron chi connectivity index (χ4n) is 7.66. The number of fused-ring (bicyclic) bond motifs is 8. The first-order valence-electron chi connectivity index (χ1n) is 20.2. The molecular formula is C42H52N12O5. The van der Waals surface area contributed by atoms with Crippen molar-refractivity contribution in [1.82, 2.24) is 44.0 Å². The SMILES string of the molecule is CCn1nc(C)c2c1C(=O)Nc1nc3c(CNC(=O)OC(C)(C)C)cccc3n1CCCCn1c(nc3cc(C(N)=O)ccc31)NC(=O)c1cc(C)nn1CCCCC2. The number of hydrogen-bond donors (Lipinski definition) is 4. The van der Waals surface area contributed by atoms with Gasteiger partial charge in [0.1, 0.15) is 17.0 Å². The van der Waals surface area contributed by atoms with Crippen LogP contribution in [0.3, 0.4) is 0 Å². The fourth-order valence-corrected chi connectivity index (χ4v) is 7.66. The lowest BCUT2D eigenvalue weighted by atomic mass is 10.0. The van der Waals surface area contributed by atoms with Gasteiger partial charge in [0.15, 0.2) is 0 Å². The maximum Gasteiger partial charge on any atom is 0.407 e. The Hall–Kier alpha value is -6.52. The van der Waals surface area contributed by atoms with Crippen molar-refractivity contribution in [2.45, 2.75) is 118 Å². The second kappa shape index (κ2) is 16.8. The molecule has 1 aliphatic heterocycles. The topological polar surface area (TPSA) is 211 Å². The highest BCUT2D eigenvalue weighted by molar-refractivity contribution is 6.05. The van der Waals surface area contributed by atoms with Crippen molar-refractivity contribution in [3.05, 3.63) is 81.9 Å². The van der Waals surface area contributed by atoms with Gasteiger partial charge in [-0.15, -0.1) is 0 Å². The summed E-state index contributed by atoms with van der Waals surface area (Å²) in [5.41, 5.74) is 12.0. The van der Waals surface area contributed by atoms with E-state index in [1.165, 1.54) is 0 Å². The highest BCUT2D eigenvalue weighted by atomic mass is 16.6. The van der Waals surface area contributed by atoms with E-state index >= 15 is 0 Å². The third-order valence-electron chi connectivity index (χ3n) is 10.4. The van der Waals surface area contributed by atoms with Gasteiger partial charge in [0.25, 0.3) is 11.8 Å². The smallest absolute Gasteiger partial charge is 0.407 e. The number of carbonyl (C=O) groups is 4. The molecule has 1 aliphatic rings. The summed E-state index contributed by atoms with van der Waals surface area (Å²) in [6.07, 6.45) is 3.76. The number of primary amides is 1. The zero-order valence-corrected chi connectivity index (χ0v) is 34.5. The summed E-state index contributed by atoms with van der Waals surface area (Å²) in [5.74, 6) is -0.506. The van der Waals surface area contributed by atoms with Crippen LogP contribution in [0.2, 0.25) is 0 Å². The standard InChI is InChI=1S/C42H52N12O5/c1-7-53-35-29(26(3)50-53)15-9-8-10-21-54-33(22-25(2)49-54)37(56)47-39-45-30-23-27(36(43)55)17-18-31(30)51(39)19-11-12-20-52-32-16-13-14-28(24-44-41(58)59-42(4,5)6)34(32)46-40(52)48-38(35)57/h13-14,16-18,22-23H,7-12,15,19-21,24H2,1-6H3,(H2,43,55)(H,44,58)(H,45,47,56)(H,46,48,57). The van der Waals surface area contributed by atoms with Crippen molar-refractivity contribution >= 4 is 57.8 Å². The molecule has 0 unspecified atom stereocenters. The van der Waals surface area contributed by atoms with E-state index in [0.717, 1.165) is 52.8 Å². The van der Waals surface area contributed by atoms with Gasteiger partial charge in [-0.3, -0.25) is 34.4 Å². The highest BCUT2D eigenvalue weighted by Gasteiger charge is 2.25. The van der Waals surface area contributed by atoms with Gasteiger partial charge in [0.2, 0.25) is 17.8 Å². The molecule has 17 heteroatoms. The van der Waals surface area contributed by atoms with Crippen LogP contribution in [0.5, 0.6) is 0 Å². The third-order valence-corrected chi connectivity index (χ3v) is 10.4. The number of amides is 4. The molecule has 17 nitrogen and oxygen atoms in total. The molecule has 0 atom stereocenters. The highest BCUT2D eigenvalue weighted by Crippen LogP contribution is 2.28. The van der Waals surface area contributed by atoms with Crippen molar-refractivity contribution in [3.8, 4) is 0 Å². The lowest BCUT2D eigenvalue weighted by Crippen LogP contribution is -2.32. The summed E-state index contributed by atoms with van der Waals surface area (Å²) in [6.45, 7) is 13.3. The summed E-state index contributed by atoms with van der Waals surface area (Å²) in [5, 5.41) is 18.4. The molecule has 0 bridgehead atoms. The van der Waals surface area contributed by atoms with Crippen LogP contribution in [0.25, 0.3) is 22.1 Å². The van der Waals surface area contributed by atoms with Gasteiger partial charge >= 0.3 is 6.09 Å². The Kier molecular flexibility index (Phi) is 11.6. The molecule has 4 aromatic heterocycles. The van der Waals surface area contributed by atoms with Crippen LogP contribution in [0.1, 0.15) is 114 Å². The minimum absolute atomic E-state index is 0.169. The first-order valence-corrected chi connectivity index (χ1v) is 20.2. The van der Waals surface area contributed by atoms with E-state index in [9.17, 15) is 19.2 Å². The number of para-hydroxylation sites is 1. The molecule has 5 heterocycles. The molecule has 7 rings (SSSR count). The van der Waals surface area contributed by atoms with Crippen molar-refractivity contribution in [2.75, 3.05) is 10.6 Å². The van der Waals surface area contributed by atoms with Gasteiger partial charge < -0.3 is 24.9 Å². The number of nitrogens with one attached hydrogen (secondary N) is 3. The summed E-state index contributed by atoms with van der Waals surface area (Å²) in [4.78, 5) is 62.7. The quantitative estimate of drug-likeness (QED) is 0.158. The van der Waals surface area contributed by atoms with Crippen molar-refractivity contribution in [2.24, 2.45) is 5.73 Å². The fraction of sp³-hybridized carbons (Fsp3) is 0.429. The Morgan fingerprint density at radius 2 is 1.58 bits per heavy atom. The number of aryl methyl sites for hydroxylation is 6. The predicted molar refractivity (Wildman–Crippen MR) is 223 cm³/mol. The summed E-state index contributed by atoms with van der Waals surface area (Å²) < 4.78 is 12.9. The second-order valence-electron chi connectivity index (χ2n) is 15.9. The number of aromatic nitrogens is 8. The number of alkyl carbamates (subject to hydrolysis) is 1. The number of hydrogen-bond acceptors (Lipinski definition) is 9. The molecular weight excluding hydrogens is 753 g/mol. The molecule has 0 radical (unpaired) electrons. The maximum atomic E-state index is 14.4. The van der Waals surface area contributed by atoms with E-state index in [1.807, 2.05) is 68.9 Å². The average Bonchev–Trinajstić information content (AvgIpc) is 3.92. The second-order valence-corrected chi connectivity index (χ2v) is 15.9. The molecule has 0 fully saturated rings. The number of anilines is 2. The van der Waals surface area contributed by atoms with Crippen molar-refractivity contribution < 1.29 is 23.9 Å².